The number of nitrogens with zero attached hydrogens (tertiary/aromatic N) is 2. The predicted molar refractivity (Wildman–Crippen MR) is 80.1 cm³/mol. The summed E-state index contributed by atoms with van der Waals surface area (Å²) in [5.74, 6) is 0.0308. The van der Waals surface area contributed by atoms with Crippen molar-refractivity contribution in [2.75, 3.05) is 26.0 Å². The summed E-state index contributed by atoms with van der Waals surface area (Å²) in [6.45, 7) is 1.48. The largest absolute Gasteiger partial charge is 0.383 e. The summed E-state index contributed by atoms with van der Waals surface area (Å²) in [5, 5.41) is 16.5. The Balaban J connectivity index is 2.16. The molecule has 1 fully saturated rings. The minimum absolute atomic E-state index is 0.0308. The molecule has 1 atom stereocenters. The molecular formula is C14H20N4O3. The van der Waals surface area contributed by atoms with E-state index < -0.39 is 4.92 Å². The minimum atomic E-state index is -0.404. The zero-order valence-electron chi connectivity index (χ0n) is 12.3. The Hall–Kier alpha value is -2.15. The highest BCUT2D eigenvalue weighted by atomic mass is 16.6. The molecule has 0 aromatic heterocycles. The van der Waals surface area contributed by atoms with Crippen molar-refractivity contribution in [2.45, 2.75) is 25.4 Å². The van der Waals surface area contributed by atoms with Gasteiger partial charge in [-0.2, -0.15) is 0 Å². The number of likely N-dealkylation sites (N-methyl/N-ethyl adjacent to an activating group) is 1. The Morgan fingerprint density at radius 2 is 2.24 bits per heavy atom. The lowest BCUT2D eigenvalue weighted by Gasteiger charge is -2.23. The fourth-order valence-corrected chi connectivity index (χ4v) is 2.75. The average molecular weight is 292 g/mol. The molecule has 1 aromatic carbocycles. The van der Waals surface area contributed by atoms with E-state index in [0.29, 0.717) is 12.2 Å². The van der Waals surface area contributed by atoms with Gasteiger partial charge in [0.15, 0.2) is 0 Å². The van der Waals surface area contributed by atoms with E-state index in [4.69, 9.17) is 0 Å². The first-order chi connectivity index (χ1) is 10.1. The number of likely N-dealkylation sites (tertiary alicyclic amines) is 1. The molecule has 7 nitrogen and oxygen atoms in total. The van der Waals surface area contributed by atoms with Crippen LogP contribution < -0.4 is 10.6 Å². The van der Waals surface area contributed by atoms with Crippen molar-refractivity contribution in [3.63, 3.8) is 0 Å². The van der Waals surface area contributed by atoms with Gasteiger partial charge in [-0.15, -0.1) is 0 Å². The highest BCUT2D eigenvalue weighted by Crippen LogP contribution is 2.27. The highest BCUT2D eigenvalue weighted by Gasteiger charge is 2.30. The average Bonchev–Trinajstić information content (AvgIpc) is 2.94. The summed E-state index contributed by atoms with van der Waals surface area (Å²) in [6, 6.07) is 4.92. The summed E-state index contributed by atoms with van der Waals surface area (Å²) in [6.07, 6.45) is 1.84. The van der Waals surface area contributed by atoms with Crippen LogP contribution in [0.5, 0.6) is 0 Å². The van der Waals surface area contributed by atoms with Gasteiger partial charge in [0.1, 0.15) is 5.69 Å². The van der Waals surface area contributed by atoms with Crippen LogP contribution in [0, 0.1) is 10.1 Å². The fraction of sp³-hybridized carbons (Fsp3) is 0.500. The number of carbonyl (C=O) groups excluding carboxylic acids is 1. The highest BCUT2D eigenvalue weighted by molar-refractivity contribution is 5.81. The Kier molecular flexibility index (Phi) is 4.74. The smallest absolute Gasteiger partial charge is 0.292 e. The molecule has 1 heterocycles. The number of rotatable bonds is 5. The molecule has 21 heavy (non-hydrogen) atoms. The SMILES string of the molecule is CNC(=O)C1CCCN1Cc1ccc([N+](=O)[O-])c(NC)c1. The van der Waals surface area contributed by atoms with Crippen molar-refractivity contribution in [2.24, 2.45) is 0 Å². The first-order valence-corrected chi connectivity index (χ1v) is 6.97. The number of nitrogens with one attached hydrogen (secondary N) is 2. The van der Waals surface area contributed by atoms with Gasteiger partial charge in [-0.05, 0) is 31.0 Å². The van der Waals surface area contributed by atoms with Gasteiger partial charge in [0.25, 0.3) is 5.69 Å². The third kappa shape index (κ3) is 3.30. The lowest BCUT2D eigenvalue weighted by Crippen LogP contribution is -2.41. The van der Waals surface area contributed by atoms with Gasteiger partial charge in [-0.3, -0.25) is 19.8 Å². The molecule has 1 saturated heterocycles. The minimum Gasteiger partial charge on any atom is -0.383 e. The second-order valence-electron chi connectivity index (χ2n) is 5.10. The monoisotopic (exact) mass is 292 g/mol. The van der Waals surface area contributed by atoms with Crippen molar-refractivity contribution in [1.82, 2.24) is 10.2 Å². The number of anilines is 1. The van der Waals surface area contributed by atoms with Crippen LogP contribution in [0.2, 0.25) is 0 Å². The molecule has 1 aliphatic rings. The van der Waals surface area contributed by atoms with Crippen LogP contribution in [0.4, 0.5) is 11.4 Å². The molecule has 1 amide bonds. The molecule has 1 aliphatic heterocycles. The van der Waals surface area contributed by atoms with Crippen LogP contribution >= 0.6 is 0 Å². The normalized spacial score (nSPS) is 18.5. The van der Waals surface area contributed by atoms with Gasteiger partial charge in [0.05, 0.1) is 11.0 Å². The Morgan fingerprint density at radius 1 is 1.48 bits per heavy atom. The summed E-state index contributed by atoms with van der Waals surface area (Å²) < 4.78 is 0. The van der Waals surface area contributed by atoms with Crippen LogP contribution in [-0.2, 0) is 11.3 Å². The van der Waals surface area contributed by atoms with Gasteiger partial charge in [-0.25, -0.2) is 0 Å². The van der Waals surface area contributed by atoms with E-state index in [-0.39, 0.29) is 17.6 Å². The first-order valence-electron chi connectivity index (χ1n) is 6.97. The van der Waals surface area contributed by atoms with Gasteiger partial charge in [0, 0.05) is 26.7 Å². The van der Waals surface area contributed by atoms with Crippen LogP contribution in [0.25, 0.3) is 0 Å². The van der Waals surface area contributed by atoms with Crippen LogP contribution in [-0.4, -0.2) is 42.4 Å². The zero-order chi connectivity index (χ0) is 15.4. The maximum absolute atomic E-state index is 11.8. The van der Waals surface area contributed by atoms with Gasteiger partial charge < -0.3 is 10.6 Å². The molecule has 0 saturated carbocycles. The van der Waals surface area contributed by atoms with E-state index in [1.807, 2.05) is 0 Å². The number of amides is 1. The van der Waals surface area contributed by atoms with E-state index in [1.165, 1.54) is 6.07 Å². The van der Waals surface area contributed by atoms with E-state index in [9.17, 15) is 14.9 Å². The standard InChI is InChI=1S/C14H20N4O3/c1-15-11-8-10(5-6-12(11)18(20)21)9-17-7-3-4-13(17)14(19)16-2/h5-6,8,13,15H,3-4,7,9H2,1-2H3,(H,16,19). The summed E-state index contributed by atoms with van der Waals surface area (Å²) in [4.78, 5) is 24.5. The van der Waals surface area contributed by atoms with Gasteiger partial charge in [0.2, 0.25) is 5.91 Å². The summed E-state index contributed by atoms with van der Waals surface area (Å²) >= 11 is 0. The number of carbonyl (C=O) groups is 1. The number of hydrogen-bond donors (Lipinski definition) is 2. The topological polar surface area (TPSA) is 87.5 Å². The molecular weight excluding hydrogens is 272 g/mol. The third-order valence-corrected chi connectivity index (χ3v) is 3.83. The molecule has 2 rings (SSSR count). The van der Waals surface area contributed by atoms with Crippen LogP contribution in [0.1, 0.15) is 18.4 Å². The zero-order valence-corrected chi connectivity index (χ0v) is 12.3. The van der Waals surface area contributed by atoms with Crippen LogP contribution in [0.3, 0.4) is 0 Å². The predicted octanol–water partition coefficient (Wildman–Crippen LogP) is 1.35. The van der Waals surface area contributed by atoms with E-state index in [1.54, 1.807) is 26.2 Å². The second kappa shape index (κ2) is 6.53. The van der Waals surface area contributed by atoms with Crippen molar-refractivity contribution in [1.29, 1.82) is 0 Å². The van der Waals surface area contributed by atoms with E-state index >= 15 is 0 Å². The van der Waals surface area contributed by atoms with E-state index in [2.05, 4.69) is 15.5 Å². The number of nitro benzene ring substituents is 1. The molecule has 7 heteroatoms. The third-order valence-electron chi connectivity index (χ3n) is 3.83. The number of hydrogen-bond acceptors (Lipinski definition) is 5. The number of nitro groups is 1. The maximum Gasteiger partial charge on any atom is 0.292 e. The lowest BCUT2D eigenvalue weighted by atomic mass is 10.1. The molecule has 0 bridgehead atoms. The molecule has 2 N–H and O–H groups in total. The maximum atomic E-state index is 11.8. The van der Waals surface area contributed by atoms with E-state index in [0.717, 1.165) is 24.9 Å². The van der Waals surface area contributed by atoms with Crippen molar-refractivity contribution >= 4 is 17.3 Å². The van der Waals surface area contributed by atoms with Crippen LogP contribution in [0.15, 0.2) is 18.2 Å². The Labute approximate surface area is 123 Å². The Morgan fingerprint density at radius 3 is 2.86 bits per heavy atom. The molecule has 1 unspecified atom stereocenters. The second-order valence-corrected chi connectivity index (χ2v) is 5.10. The molecule has 0 radical (unpaired) electrons. The Bertz CT molecular complexity index is 547. The molecule has 114 valence electrons. The molecule has 0 spiro atoms. The summed E-state index contributed by atoms with van der Waals surface area (Å²) in [5.41, 5.74) is 1.51. The van der Waals surface area contributed by atoms with Gasteiger partial charge in [-0.1, -0.05) is 6.07 Å². The fourth-order valence-electron chi connectivity index (χ4n) is 2.75. The molecule has 0 aliphatic carbocycles. The van der Waals surface area contributed by atoms with Crippen molar-refractivity contribution in [3.05, 3.63) is 33.9 Å². The summed E-state index contributed by atoms with van der Waals surface area (Å²) in [7, 11) is 3.30. The quantitative estimate of drug-likeness (QED) is 0.632. The number of benzene rings is 1. The molecule has 1 aromatic rings. The lowest BCUT2D eigenvalue weighted by molar-refractivity contribution is -0.384. The van der Waals surface area contributed by atoms with Crippen molar-refractivity contribution in [3.8, 4) is 0 Å². The van der Waals surface area contributed by atoms with Gasteiger partial charge >= 0.3 is 0 Å². The first kappa shape index (κ1) is 15.2. The van der Waals surface area contributed by atoms with Crippen molar-refractivity contribution < 1.29 is 9.72 Å².